The maximum atomic E-state index is 5.07. The SMILES string of the molecule is CC=Cc1cccc(OC)c1. The summed E-state index contributed by atoms with van der Waals surface area (Å²) in [6.45, 7) is 2.00. The van der Waals surface area contributed by atoms with Crippen LogP contribution in [0.5, 0.6) is 5.75 Å². The maximum absolute atomic E-state index is 5.07. The van der Waals surface area contributed by atoms with Crippen LogP contribution in [0.2, 0.25) is 0 Å². The zero-order chi connectivity index (χ0) is 8.10. The van der Waals surface area contributed by atoms with Gasteiger partial charge in [0.15, 0.2) is 0 Å². The van der Waals surface area contributed by atoms with Gasteiger partial charge >= 0.3 is 0 Å². The first-order chi connectivity index (χ1) is 5.36. The van der Waals surface area contributed by atoms with Crippen LogP contribution in [0, 0.1) is 0 Å². The lowest BCUT2D eigenvalue weighted by molar-refractivity contribution is 0.414. The molecule has 1 rings (SSSR count). The third-order valence-corrected chi connectivity index (χ3v) is 1.45. The van der Waals surface area contributed by atoms with Crippen molar-refractivity contribution in [1.82, 2.24) is 0 Å². The van der Waals surface area contributed by atoms with Crippen molar-refractivity contribution < 1.29 is 4.74 Å². The van der Waals surface area contributed by atoms with Gasteiger partial charge in [-0.15, -0.1) is 0 Å². The highest BCUT2D eigenvalue weighted by Gasteiger charge is 1.89. The molecule has 0 bridgehead atoms. The molecule has 0 N–H and O–H groups in total. The molecule has 0 amide bonds. The van der Waals surface area contributed by atoms with E-state index in [2.05, 4.69) is 0 Å². The summed E-state index contributed by atoms with van der Waals surface area (Å²) in [5, 5.41) is 0. The predicted molar refractivity (Wildman–Crippen MR) is 47.7 cm³/mol. The number of benzene rings is 1. The summed E-state index contributed by atoms with van der Waals surface area (Å²) in [6.07, 6.45) is 4.05. The van der Waals surface area contributed by atoms with Crippen molar-refractivity contribution in [3.05, 3.63) is 35.9 Å². The molecule has 1 nitrogen and oxygen atoms in total. The van der Waals surface area contributed by atoms with Crippen molar-refractivity contribution in [3.63, 3.8) is 0 Å². The highest BCUT2D eigenvalue weighted by Crippen LogP contribution is 2.13. The molecule has 0 atom stereocenters. The number of hydrogen-bond donors (Lipinski definition) is 0. The molecule has 0 aliphatic heterocycles. The van der Waals surface area contributed by atoms with Crippen molar-refractivity contribution in [2.45, 2.75) is 6.92 Å². The van der Waals surface area contributed by atoms with Gasteiger partial charge < -0.3 is 4.74 Å². The Morgan fingerprint density at radius 3 is 2.82 bits per heavy atom. The van der Waals surface area contributed by atoms with Gasteiger partial charge in [0.05, 0.1) is 7.11 Å². The second-order valence-electron chi connectivity index (χ2n) is 2.28. The molecule has 0 unspecified atom stereocenters. The second kappa shape index (κ2) is 3.81. The highest BCUT2D eigenvalue weighted by molar-refractivity contribution is 5.51. The number of methoxy groups -OCH3 is 1. The van der Waals surface area contributed by atoms with Gasteiger partial charge in [0.2, 0.25) is 0 Å². The fourth-order valence-electron chi connectivity index (χ4n) is 0.938. The molecule has 0 radical (unpaired) electrons. The average Bonchev–Trinajstić information content (AvgIpc) is 2.06. The van der Waals surface area contributed by atoms with Crippen LogP contribution < -0.4 is 4.74 Å². The fourth-order valence-corrected chi connectivity index (χ4v) is 0.938. The van der Waals surface area contributed by atoms with E-state index in [0.717, 1.165) is 5.75 Å². The Hall–Kier alpha value is -1.24. The molecule has 58 valence electrons. The predicted octanol–water partition coefficient (Wildman–Crippen LogP) is 2.73. The van der Waals surface area contributed by atoms with E-state index in [1.165, 1.54) is 5.56 Å². The fraction of sp³-hybridized carbons (Fsp3) is 0.200. The van der Waals surface area contributed by atoms with Crippen molar-refractivity contribution in [2.75, 3.05) is 7.11 Å². The van der Waals surface area contributed by atoms with Crippen LogP contribution in [0.3, 0.4) is 0 Å². The normalized spacial score (nSPS) is 10.4. The monoisotopic (exact) mass is 148 g/mol. The van der Waals surface area contributed by atoms with Crippen molar-refractivity contribution in [3.8, 4) is 5.75 Å². The first kappa shape index (κ1) is 7.86. The minimum atomic E-state index is 0.903. The van der Waals surface area contributed by atoms with Gasteiger partial charge in [-0.3, -0.25) is 0 Å². The summed E-state index contributed by atoms with van der Waals surface area (Å²) in [7, 11) is 1.68. The molecule has 1 heteroatoms. The molecule has 0 heterocycles. The Bertz CT molecular complexity index is 251. The number of hydrogen-bond acceptors (Lipinski definition) is 1. The Kier molecular flexibility index (Phi) is 2.73. The highest BCUT2D eigenvalue weighted by atomic mass is 16.5. The zero-order valence-electron chi connectivity index (χ0n) is 6.87. The van der Waals surface area contributed by atoms with E-state index >= 15 is 0 Å². The topological polar surface area (TPSA) is 9.23 Å². The minimum Gasteiger partial charge on any atom is -0.497 e. The first-order valence-electron chi connectivity index (χ1n) is 3.63. The number of allylic oxidation sites excluding steroid dienone is 1. The average molecular weight is 148 g/mol. The lowest BCUT2D eigenvalue weighted by Crippen LogP contribution is -1.81. The molecule has 11 heavy (non-hydrogen) atoms. The molecular weight excluding hydrogens is 136 g/mol. The van der Waals surface area contributed by atoms with Crippen LogP contribution in [0.25, 0.3) is 6.08 Å². The molecule has 0 saturated carbocycles. The van der Waals surface area contributed by atoms with Gasteiger partial charge in [-0.1, -0.05) is 24.3 Å². The maximum Gasteiger partial charge on any atom is 0.119 e. The van der Waals surface area contributed by atoms with Crippen molar-refractivity contribution in [1.29, 1.82) is 0 Å². The molecule has 1 aromatic carbocycles. The van der Waals surface area contributed by atoms with Crippen LogP contribution in [0.15, 0.2) is 30.3 Å². The Balaban J connectivity index is 2.91. The number of ether oxygens (including phenoxy) is 1. The quantitative estimate of drug-likeness (QED) is 0.626. The second-order valence-corrected chi connectivity index (χ2v) is 2.28. The lowest BCUT2D eigenvalue weighted by atomic mass is 10.2. The third-order valence-electron chi connectivity index (χ3n) is 1.45. The summed E-state index contributed by atoms with van der Waals surface area (Å²) >= 11 is 0. The summed E-state index contributed by atoms with van der Waals surface area (Å²) in [4.78, 5) is 0. The standard InChI is InChI=1S/C10H12O/c1-3-5-9-6-4-7-10(8-9)11-2/h3-8H,1-2H3. The van der Waals surface area contributed by atoms with Crippen LogP contribution in [0.4, 0.5) is 0 Å². The molecule has 0 aliphatic carbocycles. The summed E-state index contributed by atoms with van der Waals surface area (Å²) in [5.74, 6) is 0.903. The van der Waals surface area contributed by atoms with Crippen LogP contribution in [-0.4, -0.2) is 7.11 Å². The Labute approximate surface area is 67.3 Å². The third kappa shape index (κ3) is 2.11. The van der Waals surface area contributed by atoms with Crippen LogP contribution in [-0.2, 0) is 0 Å². The molecule has 0 aromatic heterocycles. The van der Waals surface area contributed by atoms with E-state index < -0.39 is 0 Å². The van der Waals surface area contributed by atoms with E-state index in [-0.39, 0.29) is 0 Å². The van der Waals surface area contributed by atoms with Crippen molar-refractivity contribution >= 4 is 6.08 Å². The smallest absolute Gasteiger partial charge is 0.119 e. The first-order valence-corrected chi connectivity index (χ1v) is 3.63. The Morgan fingerprint density at radius 1 is 1.36 bits per heavy atom. The van der Waals surface area contributed by atoms with Gasteiger partial charge in [-0.2, -0.15) is 0 Å². The van der Waals surface area contributed by atoms with Crippen molar-refractivity contribution in [2.24, 2.45) is 0 Å². The van der Waals surface area contributed by atoms with Gasteiger partial charge in [0.1, 0.15) is 5.75 Å². The zero-order valence-corrected chi connectivity index (χ0v) is 6.87. The van der Waals surface area contributed by atoms with E-state index in [9.17, 15) is 0 Å². The van der Waals surface area contributed by atoms with Gasteiger partial charge in [0, 0.05) is 0 Å². The molecular formula is C10H12O. The Morgan fingerprint density at radius 2 is 2.18 bits per heavy atom. The van der Waals surface area contributed by atoms with E-state index in [1.54, 1.807) is 7.11 Å². The number of rotatable bonds is 2. The molecule has 0 fully saturated rings. The van der Waals surface area contributed by atoms with E-state index in [0.29, 0.717) is 0 Å². The summed E-state index contributed by atoms with van der Waals surface area (Å²) in [6, 6.07) is 7.96. The largest absolute Gasteiger partial charge is 0.497 e. The van der Waals surface area contributed by atoms with Crippen LogP contribution in [0.1, 0.15) is 12.5 Å². The van der Waals surface area contributed by atoms with E-state index in [4.69, 9.17) is 4.74 Å². The minimum absolute atomic E-state index is 0.903. The summed E-state index contributed by atoms with van der Waals surface area (Å²) in [5.41, 5.74) is 1.17. The van der Waals surface area contributed by atoms with Gasteiger partial charge in [-0.25, -0.2) is 0 Å². The lowest BCUT2D eigenvalue weighted by Gasteiger charge is -1.99. The van der Waals surface area contributed by atoms with E-state index in [1.807, 2.05) is 43.3 Å². The van der Waals surface area contributed by atoms with Crippen LogP contribution >= 0.6 is 0 Å². The molecule has 0 saturated heterocycles. The van der Waals surface area contributed by atoms with Gasteiger partial charge in [0.25, 0.3) is 0 Å². The summed E-state index contributed by atoms with van der Waals surface area (Å²) < 4.78 is 5.07. The molecule has 1 aromatic rings. The molecule has 0 aliphatic rings. The van der Waals surface area contributed by atoms with Gasteiger partial charge in [-0.05, 0) is 24.6 Å². The molecule has 0 spiro atoms.